The molecule has 1 aliphatic heterocycles. The van der Waals surface area contributed by atoms with Gasteiger partial charge in [-0.3, -0.25) is 0 Å². The van der Waals surface area contributed by atoms with Crippen molar-refractivity contribution >= 4 is 11.3 Å². The van der Waals surface area contributed by atoms with Crippen molar-refractivity contribution in [2.24, 2.45) is 0 Å². The summed E-state index contributed by atoms with van der Waals surface area (Å²) in [4.78, 5) is 8.00. The number of methoxy groups -OCH3 is 1. The SMILES string of the molecule is COc1ccc(CNCCCc2scnc2C)cc1OCC(O)CN1CCCCC1. The second kappa shape index (κ2) is 12.2. The summed E-state index contributed by atoms with van der Waals surface area (Å²) in [6, 6.07) is 5.99. The van der Waals surface area contributed by atoms with Gasteiger partial charge in [0.1, 0.15) is 12.7 Å². The Hall–Kier alpha value is -1.67. The number of hydrogen-bond donors (Lipinski definition) is 2. The summed E-state index contributed by atoms with van der Waals surface area (Å²) in [5.41, 5.74) is 4.21. The molecule has 2 N–H and O–H groups in total. The molecule has 2 aromatic rings. The standard InChI is InChI=1S/C23H35N3O3S/c1-18-23(30-17-25-18)7-6-10-24-14-19-8-9-21(28-2)22(13-19)29-16-20(27)15-26-11-4-3-5-12-26/h8-9,13,17,20,24,27H,3-7,10-12,14-16H2,1-2H3. The first-order chi connectivity index (χ1) is 14.7. The first-order valence-electron chi connectivity index (χ1n) is 11.0. The van der Waals surface area contributed by atoms with Crippen molar-refractivity contribution < 1.29 is 14.6 Å². The zero-order chi connectivity index (χ0) is 21.2. The predicted molar refractivity (Wildman–Crippen MR) is 122 cm³/mol. The van der Waals surface area contributed by atoms with Crippen LogP contribution in [0.15, 0.2) is 23.7 Å². The molecule has 1 aliphatic rings. The number of nitrogens with zero attached hydrogens (tertiary/aromatic N) is 2. The first kappa shape index (κ1) is 23.0. The van der Waals surface area contributed by atoms with Crippen LogP contribution in [-0.4, -0.2) is 61.0 Å². The van der Waals surface area contributed by atoms with Gasteiger partial charge < -0.3 is 24.8 Å². The number of rotatable bonds is 12. The van der Waals surface area contributed by atoms with Crippen molar-refractivity contribution in [3.05, 3.63) is 39.8 Å². The lowest BCUT2D eigenvalue weighted by molar-refractivity contribution is 0.0608. The largest absolute Gasteiger partial charge is 0.493 e. The molecule has 6 nitrogen and oxygen atoms in total. The van der Waals surface area contributed by atoms with E-state index in [1.807, 2.05) is 17.6 Å². The molecular weight excluding hydrogens is 398 g/mol. The van der Waals surface area contributed by atoms with Crippen LogP contribution in [0.5, 0.6) is 11.5 Å². The van der Waals surface area contributed by atoms with Crippen molar-refractivity contribution in [2.45, 2.75) is 51.7 Å². The Labute approximate surface area is 184 Å². The summed E-state index contributed by atoms with van der Waals surface area (Å²) < 4.78 is 11.4. The number of nitrogens with one attached hydrogen (secondary N) is 1. The van der Waals surface area contributed by atoms with E-state index in [1.54, 1.807) is 18.4 Å². The Kier molecular flexibility index (Phi) is 9.39. The van der Waals surface area contributed by atoms with Gasteiger partial charge in [-0.15, -0.1) is 11.3 Å². The Balaban J connectivity index is 1.42. The number of thiazole rings is 1. The fourth-order valence-corrected chi connectivity index (χ4v) is 4.62. The molecule has 30 heavy (non-hydrogen) atoms. The first-order valence-corrected chi connectivity index (χ1v) is 11.8. The highest BCUT2D eigenvalue weighted by Crippen LogP contribution is 2.28. The van der Waals surface area contributed by atoms with Crippen LogP contribution in [0.3, 0.4) is 0 Å². The molecule has 1 atom stereocenters. The Bertz CT molecular complexity index is 762. The van der Waals surface area contributed by atoms with Crippen LogP contribution in [0.1, 0.15) is 41.8 Å². The third-order valence-electron chi connectivity index (χ3n) is 5.51. The number of likely N-dealkylation sites (tertiary alicyclic amines) is 1. The molecule has 166 valence electrons. The molecule has 3 rings (SSSR count). The van der Waals surface area contributed by atoms with Gasteiger partial charge in [0, 0.05) is 18.0 Å². The summed E-state index contributed by atoms with van der Waals surface area (Å²) in [6.07, 6.45) is 5.40. The number of benzene rings is 1. The van der Waals surface area contributed by atoms with E-state index in [4.69, 9.17) is 9.47 Å². The lowest BCUT2D eigenvalue weighted by Crippen LogP contribution is -2.38. The fourth-order valence-electron chi connectivity index (χ4n) is 3.80. The maximum atomic E-state index is 10.4. The Morgan fingerprint density at radius 2 is 2.07 bits per heavy atom. The number of aliphatic hydroxyl groups excluding tert-OH is 1. The monoisotopic (exact) mass is 433 g/mol. The van der Waals surface area contributed by atoms with Crippen LogP contribution in [0.4, 0.5) is 0 Å². The molecule has 1 aromatic heterocycles. The quantitative estimate of drug-likeness (QED) is 0.500. The van der Waals surface area contributed by atoms with Crippen LogP contribution < -0.4 is 14.8 Å². The molecule has 1 fully saturated rings. The summed E-state index contributed by atoms with van der Waals surface area (Å²) >= 11 is 1.74. The number of piperidine rings is 1. The van der Waals surface area contributed by atoms with Crippen molar-refractivity contribution in [3.8, 4) is 11.5 Å². The maximum Gasteiger partial charge on any atom is 0.161 e. The van der Waals surface area contributed by atoms with E-state index in [0.717, 1.165) is 50.3 Å². The Morgan fingerprint density at radius 3 is 2.80 bits per heavy atom. The number of aliphatic hydroxyl groups is 1. The molecule has 0 spiro atoms. The van der Waals surface area contributed by atoms with Crippen molar-refractivity contribution in [1.29, 1.82) is 0 Å². The molecule has 0 radical (unpaired) electrons. The zero-order valence-corrected chi connectivity index (χ0v) is 19.0. The van der Waals surface area contributed by atoms with Gasteiger partial charge >= 0.3 is 0 Å². The van der Waals surface area contributed by atoms with Gasteiger partial charge in [0.2, 0.25) is 0 Å². The molecule has 0 amide bonds. The van der Waals surface area contributed by atoms with E-state index >= 15 is 0 Å². The van der Waals surface area contributed by atoms with Gasteiger partial charge in [-0.25, -0.2) is 4.98 Å². The maximum absolute atomic E-state index is 10.4. The number of aryl methyl sites for hydroxylation is 2. The van der Waals surface area contributed by atoms with Gasteiger partial charge in [0.15, 0.2) is 11.5 Å². The highest BCUT2D eigenvalue weighted by Gasteiger charge is 2.16. The van der Waals surface area contributed by atoms with Crippen LogP contribution in [0.25, 0.3) is 0 Å². The van der Waals surface area contributed by atoms with E-state index < -0.39 is 6.10 Å². The molecule has 0 bridgehead atoms. The summed E-state index contributed by atoms with van der Waals surface area (Å²) in [5.74, 6) is 1.39. The van der Waals surface area contributed by atoms with E-state index in [1.165, 1.54) is 24.1 Å². The number of β-amino-alcohol motifs (C(OH)–C–C–N with tert-alkyl or cyclic N) is 1. The smallest absolute Gasteiger partial charge is 0.161 e. The van der Waals surface area contributed by atoms with Gasteiger partial charge in [-0.05, 0) is 69.9 Å². The minimum Gasteiger partial charge on any atom is -0.493 e. The number of aromatic nitrogens is 1. The van der Waals surface area contributed by atoms with E-state index in [2.05, 4.69) is 28.2 Å². The molecule has 7 heteroatoms. The molecular formula is C23H35N3O3S. The predicted octanol–water partition coefficient (Wildman–Crippen LogP) is 3.41. The fraction of sp³-hybridized carbons (Fsp3) is 0.609. The topological polar surface area (TPSA) is 66.8 Å². The highest BCUT2D eigenvalue weighted by atomic mass is 32.1. The third-order valence-corrected chi connectivity index (χ3v) is 6.50. The molecule has 1 aromatic carbocycles. The average molecular weight is 434 g/mol. The minimum atomic E-state index is -0.496. The summed E-state index contributed by atoms with van der Waals surface area (Å²) in [5, 5.41) is 13.9. The second-order valence-electron chi connectivity index (χ2n) is 7.95. The van der Waals surface area contributed by atoms with Crippen molar-refractivity contribution in [3.63, 3.8) is 0 Å². The van der Waals surface area contributed by atoms with Gasteiger partial charge in [-0.2, -0.15) is 0 Å². The van der Waals surface area contributed by atoms with Gasteiger partial charge in [0.25, 0.3) is 0 Å². The molecule has 0 aliphatic carbocycles. The second-order valence-corrected chi connectivity index (χ2v) is 8.89. The van der Waals surface area contributed by atoms with Crippen LogP contribution >= 0.6 is 11.3 Å². The van der Waals surface area contributed by atoms with Crippen LogP contribution in [0.2, 0.25) is 0 Å². The van der Waals surface area contributed by atoms with E-state index in [0.29, 0.717) is 18.0 Å². The van der Waals surface area contributed by atoms with Crippen LogP contribution in [-0.2, 0) is 13.0 Å². The lowest BCUT2D eigenvalue weighted by Gasteiger charge is -2.28. The zero-order valence-electron chi connectivity index (χ0n) is 18.2. The van der Waals surface area contributed by atoms with E-state index in [-0.39, 0.29) is 6.61 Å². The molecule has 0 saturated carbocycles. The lowest BCUT2D eigenvalue weighted by atomic mass is 10.1. The van der Waals surface area contributed by atoms with Gasteiger partial charge in [0.05, 0.1) is 18.3 Å². The number of hydrogen-bond acceptors (Lipinski definition) is 7. The highest BCUT2D eigenvalue weighted by molar-refractivity contribution is 7.09. The summed E-state index contributed by atoms with van der Waals surface area (Å²) in [6.45, 7) is 6.89. The Morgan fingerprint density at radius 1 is 1.23 bits per heavy atom. The van der Waals surface area contributed by atoms with Crippen LogP contribution in [0, 0.1) is 6.92 Å². The molecule has 1 saturated heterocycles. The molecule has 1 unspecified atom stereocenters. The average Bonchev–Trinajstić information content (AvgIpc) is 3.17. The minimum absolute atomic E-state index is 0.276. The third kappa shape index (κ3) is 7.23. The van der Waals surface area contributed by atoms with Gasteiger partial charge in [-0.1, -0.05) is 12.5 Å². The summed E-state index contributed by atoms with van der Waals surface area (Å²) in [7, 11) is 1.64. The molecule has 2 heterocycles. The normalized spacial score (nSPS) is 15.8. The van der Waals surface area contributed by atoms with Crippen molar-refractivity contribution in [1.82, 2.24) is 15.2 Å². The number of ether oxygens (including phenoxy) is 2. The van der Waals surface area contributed by atoms with Crippen molar-refractivity contribution in [2.75, 3.05) is 39.9 Å². The van der Waals surface area contributed by atoms with E-state index in [9.17, 15) is 5.11 Å².